The van der Waals surface area contributed by atoms with Crippen molar-refractivity contribution in [3.8, 4) is 0 Å². The molecular formula is C13H11ClN4S. The third kappa shape index (κ3) is 2.22. The fourth-order valence-corrected chi connectivity index (χ4v) is 2.60. The Labute approximate surface area is 119 Å². The molecule has 0 saturated carbocycles. The largest absolute Gasteiger partial charge is 0.399 e. The van der Waals surface area contributed by atoms with Gasteiger partial charge in [-0.3, -0.25) is 0 Å². The van der Waals surface area contributed by atoms with Crippen molar-refractivity contribution in [2.45, 2.75) is 6.92 Å². The van der Waals surface area contributed by atoms with E-state index in [2.05, 4.69) is 14.1 Å². The van der Waals surface area contributed by atoms with Crippen molar-refractivity contribution >= 4 is 51.4 Å². The number of nitrogen functional groups attached to an aromatic ring is 1. The van der Waals surface area contributed by atoms with Crippen molar-refractivity contribution in [3.05, 3.63) is 40.9 Å². The monoisotopic (exact) mass is 290 g/mol. The smallest absolute Gasteiger partial charge is 0.129 e. The lowest BCUT2D eigenvalue weighted by Gasteiger charge is -2.12. The minimum absolute atomic E-state index is 0.613. The van der Waals surface area contributed by atoms with Gasteiger partial charge >= 0.3 is 0 Å². The Morgan fingerprint density at radius 1 is 1.21 bits per heavy atom. The zero-order chi connectivity index (χ0) is 13.4. The number of benzene rings is 2. The van der Waals surface area contributed by atoms with E-state index in [0.29, 0.717) is 10.7 Å². The van der Waals surface area contributed by atoms with E-state index in [0.717, 1.165) is 28.0 Å². The van der Waals surface area contributed by atoms with Crippen LogP contribution in [-0.4, -0.2) is 8.75 Å². The topological polar surface area (TPSA) is 63.8 Å². The van der Waals surface area contributed by atoms with Gasteiger partial charge in [0.15, 0.2) is 0 Å². The quantitative estimate of drug-likeness (QED) is 0.701. The van der Waals surface area contributed by atoms with Gasteiger partial charge in [-0.2, -0.15) is 8.75 Å². The molecule has 0 spiro atoms. The predicted molar refractivity (Wildman–Crippen MR) is 81.3 cm³/mol. The van der Waals surface area contributed by atoms with Crippen molar-refractivity contribution in [2.75, 3.05) is 11.1 Å². The van der Waals surface area contributed by atoms with Crippen LogP contribution in [0.4, 0.5) is 17.1 Å². The van der Waals surface area contributed by atoms with E-state index in [1.807, 2.05) is 37.3 Å². The van der Waals surface area contributed by atoms with Gasteiger partial charge in [-0.05, 0) is 36.8 Å². The summed E-state index contributed by atoms with van der Waals surface area (Å²) in [5.74, 6) is 0. The van der Waals surface area contributed by atoms with Crippen molar-refractivity contribution in [2.24, 2.45) is 0 Å². The zero-order valence-corrected chi connectivity index (χ0v) is 11.7. The maximum atomic E-state index is 6.25. The van der Waals surface area contributed by atoms with Gasteiger partial charge < -0.3 is 11.1 Å². The Morgan fingerprint density at radius 2 is 2.05 bits per heavy atom. The van der Waals surface area contributed by atoms with Crippen LogP contribution in [0.1, 0.15) is 5.56 Å². The second-order valence-corrected chi connectivity index (χ2v) is 5.19. The van der Waals surface area contributed by atoms with Crippen molar-refractivity contribution in [3.63, 3.8) is 0 Å². The van der Waals surface area contributed by atoms with Crippen LogP contribution in [0.15, 0.2) is 30.3 Å². The molecule has 3 aromatic rings. The summed E-state index contributed by atoms with van der Waals surface area (Å²) in [6.45, 7) is 2.01. The average molecular weight is 291 g/mol. The molecule has 6 heteroatoms. The molecule has 0 radical (unpaired) electrons. The molecule has 1 aromatic heterocycles. The zero-order valence-electron chi connectivity index (χ0n) is 10.1. The third-order valence-corrected chi connectivity index (χ3v) is 3.76. The number of rotatable bonds is 2. The second kappa shape index (κ2) is 4.68. The number of fused-ring (bicyclic) bond motifs is 1. The highest BCUT2D eigenvalue weighted by molar-refractivity contribution is 7.00. The summed E-state index contributed by atoms with van der Waals surface area (Å²) in [6.07, 6.45) is 0. The summed E-state index contributed by atoms with van der Waals surface area (Å²) >= 11 is 7.42. The van der Waals surface area contributed by atoms with Crippen LogP contribution in [-0.2, 0) is 0 Å². The molecule has 0 unspecified atom stereocenters. The summed E-state index contributed by atoms with van der Waals surface area (Å²) in [7, 11) is 0. The first-order valence-corrected chi connectivity index (χ1v) is 6.80. The van der Waals surface area contributed by atoms with E-state index in [1.54, 1.807) is 0 Å². The first-order valence-electron chi connectivity index (χ1n) is 5.69. The molecule has 0 aliphatic rings. The number of anilines is 3. The summed E-state index contributed by atoms with van der Waals surface area (Å²) in [5, 5.41) is 3.92. The molecule has 2 aromatic carbocycles. The first-order chi connectivity index (χ1) is 9.15. The molecule has 0 atom stereocenters. The van der Waals surface area contributed by atoms with Crippen LogP contribution in [0.2, 0.25) is 5.02 Å². The van der Waals surface area contributed by atoms with Crippen molar-refractivity contribution in [1.29, 1.82) is 0 Å². The lowest BCUT2D eigenvalue weighted by atomic mass is 10.1. The Bertz CT molecular complexity index is 753. The molecule has 4 nitrogen and oxygen atoms in total. The van der Waals surface area contributed by atoms with E-state index in [1.165, 1.54) is 11.7 Å². The van der Waals surface area contributed by atoms with Crippen molar-refractivity contribution in [1.82, 2.24) is 8.75 Å². The van der Waals surface area contributed by atoms with E-state index in [9.17, 15) is 0 Å². The first kappa shape index (κ1) is 12.2. The number of aromatic nitrogens is 2. The fraction of sp³-hybridized carbons (Fsp3) is 0.0769. The number of nitrogens with zero attached hydrogens (tertiary/aromatic N) is 2. The normalized spacial score (nSPS) is 10.8. The molecule has 3 N–H and O–H groups in total. The Hall–Kier alpha value is -1.85. The lowest BCUT2D eigenvalue weighted by molar-refractivity contribution is 1.43. The third-order valence-electron chi connectivity index (χ3n) is 2.90. The summed E-state index contributed by atoms with van der Waals surface area (Å²) < 4.78 is 8.49. The number of nitrogens with one attached hydrogen (secondary N) is 1. The maximum absolute atomic E-state index is 6.25. The molecular weight excluding hydrogens is 280 g/mol. The van der Waals surface area contributed by atoms with E-state index >= 15 is 0 Å². The van der Waals surface area contributed by atoms with E-state index in [-0.39, 0.29) is 0 Å². The number of hydrogen-bond donors (Lipinski definition) is 2. The highest BCUT2D eigenvalue weighted by Crippen LogP contribution is 2.33. The molecule has 19 heavy (non-hydrogen) atoms. The average Bonchev–Trinajstić information content (AvgIpc) is 2.85. The number of aryl methyl sites for hydroxylation is 1. The highest BCUT2D eigenvalue weighted by Gasteiger charge is 2.11. The predicted octanol–water partition coefficient (Wildman–Crippen LogP) is 3.98. The van der Waals surface area contributed by atoms with Crippen LogP contribution in [0, 0.1) is 6.92 Å². The van der Waals surface area contributed by atoms with Gasteiger partial charge in [0.05, 0.1) is 22.4 Å². The maximum Gasteiger partial charge on any atom is 0.129 e. The molecule has 0 bridgehead atoms. The van der Waals surface area contributed by atoms with Gasteiger partial charge in [-0.15, -0.1) is 0 Å². The van der Waals surface area contributed by atoms with Crippen LogP contribution in [0.25, 0.3) is 11.0 Å². The Morgan fingerprint density at radius 3 is 2.89 bits per heavy atom. The lowest BCUT2D eigenvalue weighted by Crippen LogP contribution is -1.96. The molecule has 0 aliphatic heterocycles. The van der Waals surface area contributed by atoms with E-state index in [4.69, 9.17) is 17.3 Å². The van der Waals surface area contributed by atoms with Gasteiger partial charge in [0, 0.05) is 11.4 Å². The van der Waals surface area contributed by atoms with Gasteiger partial charge in [-0.25, -0.2) is 0 Å². The summed E-state index contributed by atoms with van der Waals surface area (Å²) in [4.78, 5) is 0. The van der Waals surface area contributed by atoms with Crippen molar-refractivity contribution < 1.29 is 0 Å². The number of halogens is 1. The molecule has 0 aliphatic carbocycles. The fourth-order valence-electron chi connectivity index (χ4n) is 1.85. The van der Waals surface area contributed by atoms with Crippen LogP contribution >= 0.6 is 23.3 Å². The molecule has 96 valence electrons. The molecule has 0 amide bonds. The molecule has 1 heterocycles. The Balaban J connectivity index is 2.12. The van der Waals surface area contributed by atoms with Crippen LogP contribution < -0.4 is 11.1 Å². The second-order valence-electron chi connectivity index (χ2n) is 4.25. The molecule has 0 saturated heterocycles. The van der Waals surface area contributed by atoms with Gasteiger partial charge in [-0.1, -0.05) is 17.7 Å². The van der Waals surface area contributed by atoms with Gasteiger partial charge in [0.2, 0.25) is 0 Å². The minimum atomic E-state index is 0.613. The minimum Gasteiger partial charge on any atom is -0.399 e. The van der Waals surface area contributed by atoms with E-state index < -0.39 is 0 Å². The molecule has 0 fully saturated rings. The summed E-state index contributed by atoms with van der Waals surface area (Å²) in [5.41, 5.74) is 10.9. The highest BCUT2D eigenvalue weighted by atomic mass is 35.5. The summed E-state index contributed by atoms with van der Waals surface area (Å²) in [6, 6.07) is 9.39. The van der Waals surface area contributed by atoms with Gasteiger partial charge in [0.25, 0.3) is 0 Å². The van der Waals surface area contributed by atoms with Crippen LogP contribution in [0.5, 0.6) is 0 Å². The standard InChI is InChI=1S/C13H11ClN4S/c1-7-2-3-8(15)6-11(7)16-12-9(14)4-5-10-13(12)18-19-17-10/h2-6,16H,15H2,1H3. The number of hydrogen-bond acceptors (Lipinski definition) is 5. The Kier molecular flexibility index (Phi) is 3.00. The van der Waals surface area contributed by atoms with Gasteiger partial charge in [0.1, 0.15) is 11.0 Å². The molecule has 3 rings (SSSR count). The SMILES string of the molecule is Cc1ccc(N)cc1Nc1c(Cl)ccc2nsnc12. The van der Waals surface area contributed by atoms with Crippen LogP contribution in [0.3, 0.4) is 0 Å². The number of nitrogens with two attached hydrogens (primary N) is 1.